The Morgan fingerprint density at radius 3 is 2.88 bits per heavy atom. The fourth-order valence-corrected chi connectivity index (χ4v) is 2.36. The number of aromatic nitrogens is 5. The molecule has 2 N–H and O–H groups in total. The lowest BCUT2D eigenvalue weighted by molar-refractivity contribution is 0.251. The van der Waals surface area contributed by atoms with Crippen molar-refractivity contribution in [1.82, 2.24) is 29.8 Å². The summed E-state index contributed by atoms with van der Waals surface area (Å²) in [6.45, 7) is 0.711. The van der Waals surface area contributed by atoms with Crippen molar-refractivity contribution in [3.8, 4) is 11.4 Å². The monoisotopic (exact) mass is 323 g/mol. The maximum absolute atomic E-state index is 11.9. The molecule has 4 rings (SSSR count). The normalized spacial score (nSPS) is 13.9. The van der Waals surface area contributed by atoms with Crippen molar-refractivity contribution in [2.75, 3.05) is 11.9 Å². The first-order valence-electron chi connectivity index (χ1n) is 7.84. The highest BCUT2D eigenvalue weighted by Crippen LogP contribution is 2.27. The highest BCUT2D eigenvalue weighted by atomic mass is 16.2. The van der Waals surface area contributed by atoms with Crippen molar-refractivity contribution >= 4 is 23.0 Å². The predicted octanol–water partition coefficient (Wildman–Crippen LogP) is 1.96. The summed E-state index contributed by atoms with van der Waals surface area (Å²) in [6.07, 6.45) is 7.63. The average Bonchev–Trinajstić information content (AvgIpc) is 3.32. The Kier molecular flexibility index (Phi) is 3.56. The van der Waals surface area contributed by atoms with Crippen LogP contribution in [-0.2, 0) is 7.05 Å². The van der Waals surface area contributed by atoms with Crippen LogP contribution in [0.2, 0.25) is 0 Å². The van der Waals surface area contributed by atoms with Crippen LogP contribution in [0.15, 0.2) is 30.9 Å². The minimum atomic E-state index is -0.248. The summed E-state index contributed by atoms with van der Waals surface area (Å²) in [7, 11) is 1.89. The molecule has 0 aromatic carbocycles. The third-order valence-electron chi connectivity index (χ3n) is 3.86. The van der Waals surface area contributed by atoms with Crippen molar-refractivity contribution in [2.24, 2.45) is 13.0 Å². The van der Waals surface area contributed by atoms with Gasteiger partial charge in [0.2, 0.25) is 0 Å². The van der Waals surface area contributed by atoms with Gasteiger partial charge in [-0.3, -0.25) is 10.3 Å². The molecule has 1 aliphatic carbocycles. The lowest BCUT2D eigenvalue weighted by Gasteiger charge is -2.07. The summed E-state index contributed by atoms with van der Waals surface area (Å²) < 4.78 is 1.84. The topological polar surface area (TPSA) is 97.6 Å². The molecule has 0 bridgehead atoms. The molecular weight excluding hydrogens is 306 g/mol. The first-order chi connectivity index (χ1) is 11.7. The van der Waals surface area contributed by atoms with Crippen LogP contribution in [0.25, 0.3) is 22.6 Å². The number of hydrogen-bond donors (Lipinski definition) is 2. The highest BCUT2D eigenvalue weighted by Gasteiger charge is 2.21. The maximum Gasteiger partial charge on any atom is 0.320 e. The van der Waals surface area contributed by atoms with Gasteiger partial charge in [-0.15, -0.1) is 0 Å². The summed E-state index contributed by atoms with van der Waals surface area (Å²) in [5.41, 5.74) is 2.51. The molecule has 1 fully saturated rings. The van der Waals surface area contributed by atoms with Gasteiger partial charge in [-0.25, -0.2) is 19.7 Å². The Labute approximate surface area is 138 Å². The van der Waals surface area contributed by atoms with Crippen molar-refractivity contribution in [2.45, 2.75) is 12.8 Å². The first kappa shape index (κ1) is 14.6. The van der Waals surface area contributed by atoms with Crippen LogP contribution >= 0.6 is 0 Å². The Bertz CT molecular complexity index is 900. The summed E-state index contributed by atoms with van der Waals surface area (Å²) in [5.74, 6) is 1.08. The molecule has 0 saturated heterocycles. The van der Waals surface area contributed by atoms with E-state index in [0.29, 0.717) is 35.1 Å². The molecular formula is C16H17N7O. The van der Waals surface area contributed by atoms with Gasteiger partial charge in [0.25, 0.3) is 0 Å². The third-order valence-corrected chi connectivity index (χ3v) is 3.86. The molecule has 24 heavy (non-hydrogen) atoms. The fourth-order valence-electron chi connectivity index (χ4n) is 2.36. The minimum Gasteiger partial charge on any atom is -0.340 e. The van der Waals surface area contributed by atoms with E-state index in [1.807, 2.05) is 17.8 Å². The molecule has 3 aromatic heterocycles. The molecule has 1 saturated carbocycles. The number of anilines is 1. The van der Waals surface area contributed by atoms with E-state index in [2.05, 4.69) is 30.6 Å². The summed E-state index contributed by atoms with van der Waals surface area (Å²) in [4.78, 5) is 29.3. The van der Waals surface area contributed by atoms with E-state index in [0.717, 1.165) is 5.69 Å². The molecule has 0 radical (unpaired) electrons. The highest BCUT2D eigenvalue weighted by molar-refractivity contribution is 5.89. The van der Waals surface area contributed by atoms with Gasteiger partial charge in [-0.05, 0) is 30.9 Å². The van der Waals surface area contributed by atoms with Crippen molar-refractivity contribution in [1.29, 1.82) is 0 Å². The Hall–Kier alpha value is -3.03. The Balaban J connectivity index is 1.55. The predicted molar refractivity (Wildman–Crippen MR) is 89.3 cm³/mol. The second kappa shape index (κ2) is 5.88. The summed E-state index contributed by atoms with van der Waals surface area (Å²) in [5, 5.41) is 5.57. The number of aryl methyl sites for hydroxylation is 1. The maximum atomic E-state index is 11.9. The Morgan fingerprint density at radius 2 is 2.12 bits per heavy atom. The number of carbonyl (C=O) groups is 1. The molecule has 0 aliphatic heterocycles. The number of carbonyl (C=O) groups excluding carboxylic acids is 1. The molecule has 8 nitrogen and oxygen atoms in total. The van der Waals surface area contributed by atoms with Gasteiger partial charge in [0.15, 0.2) is 5.65 Å². The van der Waals surface area contributed by atoms with E-state index in [9.17, 15) is 4.79 Å². The molecule has 0 unspecified atom stereocenters. The summed E-state index contributed by atoms with van der Waals surface area (Å²) >= 11 is 0. The lowest BCUT2D eigenvalue weighted by Crippen LogP contribution is -2.30. The molecule has 2 amide bonds. The van der Waals surface area contributed by atoms with Gasteiger partial charge >= 0.3 is 6.03 Å². The van der Waals surface area contributed by atoms with Crippen molar-refractivity contribution in [3.63, 3.8) is 0 Å². The van der Waals surface area contributed by atoms with Gasteiger partial charge in [0.1, 0.15) is 22.7 Å². The first-order valence-corrected chi connectivity index (χ1v) is 7.84. The number of hydrogen-bond acceptors (Lipinski definition) is 5. The number of urea groups is 1. The van der Waals surface area contributed by atoms with Crippen LogP contribution in [0.4, 0.5) is 10.6 Å². The zero-order chi connectivity index (χ0) is 16.5. The molecule has 0 spiro atoms. The van der Waals surface area contributed by atoms with E-state index < -0.39 is 0 Å². The Morgan fingerprint density at radius 1 is 1.25 bits per heavy atom. The smallest absolute Gasteiger partial charge is 0.320 e. The van der Waals surface area contributed by atoms with Crippen LogP contribution in [0.5, 0.6) is 0 Å². The lowest BCUT2D eigenvalue weighted by atomic mass is 10.3. The van der Waals surface area contributed by atoms with Crippen LogP contribution < -0.4 is 10.6 Å². The van der Waals surface area contributed by atoms with Crippen LogP contribution in [-0.4, -0.2) is 37.1 Å². The third kappa shape index (κ3) is 3.17. The molecule has 1 aliphatic rings. The number of rotatable bonds is 4. The molecule has 8 heteroatoms. The van der Waals surface area contributed by atoms with E-state index >= 15 is 0 Å². The molecule has 122 valence electrons. The van der Waals surface area contributed by atoms with Crippen molar-refractivity contribution < 1.29 is 4.79 Å². The number of fused-ring (bicyclic) bond motifs is 1. The number of nitrogens with one attached hydrogen (secondary N) is 2. The van der Waals surface area contributed by atoms with Gasteiger partial charge < -0.3 is 9.88 Å². The van der Waals surface area contributed by atoms with Crippen molar-refractivity contribution in [3.05, 3.63) is 30.9 Å². The number of imidazole rings is 1. The SMILES string of the molecule is Cn1cnc(-c2cnc3ccc(NC(=O)NCC4CC4)nc3n2)c1. The quantitative estimate of drug-likeness (QED) is 0.765. The fraction of sp³-hybridized carbons (Fsp3) is 0.312. The van der Waals surface area contributed by atoms with Crippen LogP contribution in [0.1, 0.15) is 12.8 Å². The molecule has 3 heterocycles. The zero-order valence-corrected chi connectivity index (χ0v) is 13.2. The van der Waals surface area contributed by atoms with E-state index in [1.165, 1.54) is 12.8 Å². The van der Waals surface area contributed by atoms with Crippen LogP contribution in [0, 0.1) is 5.92 Å². The summed E-state index contributed by atoms with van der Waals surface area (Å²) in [6, 6.07) is 3.25. The average molecular weight is 323 g/mol. The minimum absolute atomic E-state index is 0.248. The number of pyridine rings is 1. The van der Waals surface area contributed by atoms with E-state index in [4.69, 9.17) is 0 Å². The standard InChI is InChI=1S/C16H17N7O/c1-23-8-13(19-9-23)12-7-17-11-4-5-14(21-15(11)20-12)22-16(24)18-6-10-2-3-10/h4-5,7-10H,2-3,6H2,1H3,(H2,18,20,21,22,24). The van der Waals surface area contributed by atoms with Gasteiger partial charge in [-0.1, -0.05) is 0 Å². The van der Waals surface area contributed by atoms with Gasteiger partial charge in [0.05, 0.1) is 12.5 Å². The van der Waals surface area contributed by atoms with Crippen LogP contribution in [0.3, 0.4) is 0 Å². The molecule has 0 atom stereocenters. The second-order valence-corrected chi connectivity index (χ2v) is 6.00. The van der Waals surface area contributed by atoms with Gasteiger partial charge in [-0.2, -0.15) is 0 Å². The number of amides is 2. The van der Waals surface area contributed by atoms with E-state index in [1.54, 1.807) is 24.7 Å². The second-order valence-electron chi connectivity index (χ2n) is 6.00. The molecule has 3 aromatic rings. The van der Waals surface area contributed by atoms with Gasteiger partial charge in [0, 0.05) is 19.8 Å². The van der Waals surface area contributed by atoms with E-state index in [-0.39, 0.29) is 6.03 Å². The largest absolute Gasteiger partial charge is 0.340 e. The zero-order valence-electron chi connectivity index (χ0n) is 13.2. The number of nitrogens with zero attached hydrogens (tertiary/aromatic N) is 5.